The SMILES string of the molecule is COc1ccc(CON=C2CC(C(N)=O)N(Cc3ccco3)C2)cc1. The van der Waals surface area contributed by atoms with E-state index in [2.05, 4.69) is 5.16 Å². The molecule has 0 saturated carbocycles. The van der Waals surface area contributed by atoms with Crippen molar-refractivity contribution in [2.24, 2.45) is 10.9 Å². The second-order valence-electron chi connectivity index (χ2n) is 5.89. The van der Waals surface area contributed by atoms with Gasteiger partial charge in [0.2, 0.25) is 5.91 Å². The summed E-state index contributed by atoms with van der Waals surface area (Å²) in [5.74, 6) is 1.21. The number of benzene rings is 1. The van der Waals surface area contributed by atoms with E-state index in [1.165, 1.54) is 0 Å². The Kier molecular flexibility index (Phi) is 5.35. The molecular formula is C18H21N3O4. The fourth-order valence-electron chi connectivity index (χ4n) is 2.80. The zero-order valence-corrected chi connectivity index (χ0v) is 14.1. The van der Waals surface area contributed by atoms with Crippen molar-refractivity contribution in [3.63, 3.8) is 0 Å². The molecule has 2 heterocycles. The van der Waals surface area contributed by atoms with Crippen LogP contribution in [0.5, 0.6) is 5.75 Å². The van der Waals surface area contributed by atoms with Gasteiger partial charge in [0, 0.05) is 13.0 Å². The van der Waals surface area contributed by atoms with E-state index < -0.39 is 6.04 Å². The molecule has 2 aromatic rings. The van der Waals surface area contributed by atoms with Crippen molar-refractivity contribution < 1.29 is 18.8 Å². The number of carbonyl (C=O) groups excluding carboxylic acids is 1. The largest absolute Gasteiger partial charge is 0.497 e. The van der Waals surface area contributed by atoms with Crippen LogP contribution < -0.4 is 10.5 Å². The third kappa shape index (κ3) is 4.39. The first kappa shape index (κ1) is 17.0. The summed E-state index contributed by atoms with van der Waals surface area (Å²) in [5, 5.41) is 4.18. The van der Waals surface area contributed by atoms with Gasteiger partial charge in [0.1, 0.15) is 18.1 Å². The fourth-order valence-corrected chi connectivity index (χ4v) is 2.80. The van der Waals surface area contributed by atoms with Crippen molar-refractivity contribution in [1.29, 1.82) is 0 Å². The standard InChI is InChI=1S/C18H21N3O4/c1-23-15-6-4-13(5-7-15)12-25-20-14-9-17(18(19)22)21(10-14)11-16-3-2-8-24-16/h2-8,17H,9-12H2,1H3,(H2,19,22). The minimum absolute atomic E-state index is 0.354. The summed E-state index contributed by atoms with van der Waals surface area (Å²) in [7, 11) is 1.63. The predicted octanol–water partition coefficient (Wildman–Crippen LogP) is 1.92. The van der Waals surface area contributed by atoms with E-state index in [9.17, 15) is 4.79 Å². The second-order valence-corrected chi connectivity index (χ2v) is 5.89. The third-order valence-corrected chi connectivity index (χ3v) is 4.11. The Morgan fingerprint density at radius 2 is 2.16 bits per heavy atom. The molecule has 1 aromatic carbocycles. The van der Waals surface area contributed by atoms with Crippen LogP contribution in [0.4, 0.5) is 0 Å². The lowest BCUT2D eigenvalue weighted by Gasteiger charge is -2.19. The maximum atomic E-state index is 11.7. The normalized spacial score (nSPS) is 19.2. The molecule has 0 aliphatic carbocycles. The lowest BCUT2D eigenvalue weighted by molar-refractivity contribution is -0.122. The molecule has 3 rings (SSSR count). The molecule has 0 bridgehead atoms. The van der Waals surface area contributed by atoms with Gasteiger partial charge in [-0.05, 0) is 29.8 Å². The van der Waals surface area contributed by atoms with E-state index in [0.717, 1.165) is 22.8 Å². The highest BCUT2D eigenvalue weighted by molar-refractivity contribution is 5.95. The van der Waals surface area contributed by atoms with Crippen LogP contribution in [0.1, 0.15) is 17.7 Å². The number of ether oxygens (including phenoxy) is 1. The number of likely N-dealkylation sites (tertiary alicyclic amines) is 1. The molecule has 7 heteroatoms. The van der Waals surface area contributed by atoms with Gasteiger partial charge < -0.3 is 19.7 Å². The zero-order valence-electron chi connectivity index (χ0n) is 14.1. The molecule has 1 amide bonds. The van der Waals surface area contributed by atoms with Gasteiger partial charge in [-0.3, -0.25) is 9.69 Å². The Balaban J connectivity index is 1.58. The molecular weight excluding hydrogens is 322 g/mol. The summed E-state index contributed by atoms with van der Waals surface area (Å²) in [5.41, 5.74) is 7.29. The quantitative estimate of drug-likeness (QED) is 0.776. The monoisotopic (exact) mass is 343 g/mol. The Labute approximate surface area is 146 Å². The fraction of sp³-hybridized carbons (Fsp3) is 0.333. The molecule has 7 nitrogen and oxygen atoms in total. The van der Waals surface area contributed by atoms with Crippen LogP contribution in [0.25, 0.3) is 0 Å². The summed E-state index contributed by atoms with van der Waals surface area (Å²) in [6, 6.07) is 10.9. The molecule has 1 unspecified atom stereocenters. The number of oxime groups is 1. The van der Waals surface area contributed by atoms with Crippen LogP contribution in [0.2, 0.25) is 0 Å². The van der Waals surface area contributed by atoms with Crippen molar-refractivity contribution in [3.8, 4) is 5.75 Å². The molecule has 2 N–H and O–H groups in total. The number of carbonyl (C=O) groups is 1. The van der Waals surface area contributed by atoms with Crippen LogP contribution in [0.15, 0.2) is 52.2 Å². The molecule has 1 fully saturated rings. The first-order chi connectivity index (χ1) is 12.2. The summed E-state index contributed by atoms with van der Waals surface area (Å²) in [6.45, 7) is 1.39. The Hall–Kier alpha value is -2.80. The minimum atomic E-state index is -0.395. The molecule has 1 aliphatic rings. The number of primary amides is 1. The highest BCUT2D eigenvalue weighted by Crippen LogP contribution is 2.19. The topological polar surface area (TPSA) is 90.3 Å². The van der Waals surface area contributed by atoms with Crippen LogP contribution in [-0.2, 0) is 22.8 Å². The van der Waals surface area contributed by atoms with Gasteiger partial charge in [0.25, 0.3) is 0 Å². The number of hydrogen-bond acceptors (Lipinski definition) is 6. The van der Waals surface area contributed by atoms with Gasteiger partial charge in [0.15, 0.2) is 0 Å². The lowest BCUT2D eigenvalue weighted by atomic mass is 10.2. The molecule has 1 saturated heterocycles. The van der Waals surface area contributed by atoms with Crippen LogP contribution in [0, 0.1) is 0 Å². The van der Waals surface area contributed by atoms with Crippen LogP contribution >= 0.6 is 0 Å². The maximum Gasteiger partial charge on any atom is 0.235 e. The Morgan fingerprint density at radius 3 is 2.80 bits per heavy atom. The van der Waals surface area contributed by atoms with E-state index in [1.54, 1.807) is 13.4 Å². The zero-order chi connectivity index (χ0) is 17.6. The highest BCUT2D eigenvalue weighted by Gasteiger charge is 2.34. The summed E-state index contributed by atoms with van der Waals surface area (Å²) < 4.78 is 10.5. The number of furan rings is 1. The molecule has 132 valence electrons. The van der Waals surface area contributed by atoms with Crippen molar-refractivity contribution in [3.05, 3.63) is 54.0 Å². The van der Waals surface area contributed by atoms with E-state index in [1.807, 2.05) is 41.3 Å². The number of methoxy groups -OCH3 is 1. The first-order valence-electron chi connectivity index (χ1n) is 8.02. The molecule has 1 aromatic heterocycles. The number of nitrogens with two attached hydrogens (primary N) is 1. The predicted molar refractivity (Wildman–Crippen MR) is 91.9 cm³/mol. The van der Waals surface area contributed by atoms with Crippen molar-refractivity contribution in [2.45, 2.75) is 25.6 Å². The van der Waals surface area contributed by atoms with Gasteiger partial charge in [-0.2, -0.15) is 0 Å². The van der Waals surface area contributed by atoms with Gasteiger partial charge in [-0.1, -0.05) is 17.3 Å². The van der Waals surface area contributed by atoms with Crippen LogP contribution in [0.3, 0.4) is 0 Å². The van der Waals surface area contributed by atoms with Crippen molar-refractivity contribution in [2.75, 3.05) is 13.7 Å². The minimum Gasteiger partial charge on any atom is -0.497 e. The van der Waals surface area contributed by atoms with Gasteiger partial charge in [0.05, 0.1) is 31.7 Å². The molecule has 25 heavy (non-hydrogen) atoms. The molecule has 0 radical (unpaired) electrons. The highest BCUT2D eigenvalue weighted by atomic mass is 16.6. The third-order valence-electron chi connectivity index (χ3n) is 4.11. The summed E-state index contributed by atoms with van der Waals surface area (Å²) in [6.07, 6.45) is 2.08. The number of amides is 1. The smallest absolute Gasteiger partial charge is 0.235 e. The van der Waals surface area contributed by atoms with E-state index in [0.29, 0.717) is 26.1 Å². The summed E-state index contributed by atoms with van der Waals surface area (Å²) >= 11 is 0. The molecule has 1 aliphatic heterocycles. The van der Waals surface area contributed by atoms with Gasteiger partial charge in [-0.15, -0.1) is 0 Å². The summed E-state index contributed by atoms with van der Waals surface area (Å²) in [4.78, 5) is 19.1. The number of hydrogen-bond donors (Lipinski definition) is 1. The average molecular weight is 343 g/mol. The Morgan fingerprint density at radius 1 is 1.36 bits per heavy atom. The Bertz CT molecular complexity index is 725. The van der Waals surface area contributed by atoms with Gasteiger partial charge in [-0.25, -0.2) is 0 Å². The lowest BCUT2D eigenvalue weighted by Crippen LogP contribution is -2.39. The number of rotatable bonds is 7. The number of nitrogens with zero attached hydrogens (tertiary/aromatic N) is 2. The van der Waals surface area contributed by atoms with Crippen molar-refractivity contribution >= 4 is 11.6 Å². The van der Waals surface area contributed by atoms with Crippen LogP contribution in [-0.4, -0.2) is 36.2 Å². The second kappa shape index (κ2) is 7.85. The molecule has 0 spiro atoms. The van der Waals surface area contributed by atoms with E-state index >= 15 is 0 Å². The maximum absolute atomic E-state index is 11.7. The average Bonchev–Trinajstić information content (AvgIpc) is 3.26. The van der Waals surface area contributed by atoms with Crippen molar-refractivity contribution in [1.82, 2.24) is 4.90 Å². The first-order valence-corrected chi connectivity index (χ1v) is 8.02. The molecule has 1 atom stereocenters. The van der Waals surface area contributed by atoms with E-state index in [4.69, 9.17) is 19.7 Å². The van der Waals surface area contributed by atoms with E-state index in [-0.39, 0.29) is 5.91 Å². The van der Waals surface area contributed by atoms with Gasteiger partial charge >= 0.3 is 0 Å².